The third-order valence-electron chi connectivity index (χ3n) is 3.35. The molecule has 0 aliphatic rings. The number of rotatable bonds is 5. The fraction of sp³-hybridized carbons (Fsp3) is 0.333. The minimum atomic E-state index is -0.224. The highest BCUT2D eigenvalue weighted by Crippen LogP contribution is 2.22. The molecule has 1 heterocycles. The molecule has 0 fully saturated rings. The van der Waals surface area contributed by atoms with E-state index in [0.717, 1.165) is 17.8 Å². The second-order valence-corrected chi connectivity index (χ2v) is 5.03. The Morgan fingerprint density at radius 3 is 2.86 bits per heavy atom. The second kappa shape index (κ2) is 6.63. The van der Waals surface area contributed by atoms with Crippen LogP contribution in [0.15, 0.2) is 24.4 Å². The number of amides is 1. The third kappa shape index (κ3) is 3.36. The lowest BCUT2D eigenvalue weighted by Gasteiger charge is -2.09. The van der Waals surface area contributed by atoms with Crippen molar-refractivity contribution < 1.29 is 9.53 Å². The van der Waals surface area contributed by atoms with Crippen LogP contribution in [-0.2, 0) is 13.1 Å². The Labute approximate surface area is 128 Å². The van der Waals surface area contributed by atoms with E-state index in [2.05, 4.69) is 10.4 Å². The van der Waals surface area contributed by atoms with Crippen LogP contribution in [-0.4, -0.2) is 22.8 Å². The maximum atomic E-state index is 12.3. The zero-order valence-electron chi connectivity index (χ0n) is 12.3. The highest BCUT2D eigenvalue weighted by Gasteiger charge is 2.14. The molecule has 0 aliphatic carbocycles. The lowest BCUT2D eigenvalue weighted by Crippen LogP contribution is -2.23. The van der Waals surface area contributed by atoms with Crippen molar-refractivity contribution in [2.75, 3.05) is 7.11 Å². The molecule has 1 amide bonds. The monoisotopic (exact) mass is 307 g/mol. The van der Waals surface area contributed by atoms with Gasteiger partial charge in [0.1, 0.15) is 5.75 Å². The predicted molar refractivity (Wildman–Crippen MR) is 81.8 cm³/mol. The number of ether oxygens (including phenoxy) is 1. The molecule has 6 heteroatoms. The predicted octanol–water partition coefficient (Wildman–Crippen LogP) is 2.80. The van der Waals surface area contributed by atoms with Gasteiger partial charge in [0.2, 0.25) is 0 Å². The van der Waals surface area contributed by atoms with Gasteiger partial charge in [0.05, 0.1) is 18.9 Å². The number of nitrogens with zero attached hydrogens (tertiary/aromatic N) is 2. The molecule has 0 spiro atoms. The topological polar surface area (TPSA) is 56.2 Å². The molecule has 2 rings (SSSR count). The van der Waals surface area contributed by atoms with Gasteiger partial charge in [-0.15, -0.1) is 0 Å². The Bertz CT molecular complexity index is 652. The van der Waals surface area contributed by atoms with E-state index in [1.165, 1.54) is 7.11 Å². The molecule has 0 atom stereocenters. The van der Waals surface area contributed by atoms with Crippen molar-refractivity contribution >= 4 is 17.5 Å². The average molecular weight is 308 g/mol. The van der Waals surface area contributed by atoms with Gasteiger partial charge in [0.25, 0.3) is 5.91 Å². The first-order valence-corrected chi connectivity index (χ1v) is 7.07. The number of nitrogens with one attached hydrogen (secondary N) is 1. The molecule has 0 radical (unpaired) electrons. The standard InChI is InChI=1S/C15H18ClN3O2/c1-4-19-10(2)11(9-18-19)8-17-15(20)13-7-12(16)5-6-14(13)21-3/h5-7,9H,4,8H2,1-3H3,(H,17,20). The molecule has 21 heavy (non-hydrogen) atoms. The second-order valence-electron chi connectivity index (χ2n) is 4.60. The summed E-state index contributed by atoms with van der Waals surface area (Å²) in [6.07, 6.45) is 1.77. The number of carbonyl (C=O) groups excluding carboxylic acids is 1. The van der Waals surface area contributed by atoms with Crippen LogP contribution in [0.1, 0.15) is 28.5 Å². The summed E-state index contributed by atoms with van der Waals surface area (Å²) in [6, 6.07) is 4.96. The maximum Gasteiger partial charge on any atom is 0.255 e. The number of aromatic nitrogens is 2. The molecule has 1 aromatic heterocycles. The highest BCUT2D eigenvalue weighted by molar-refractivity contribution is 6.31. The molecule has 5 nitrogen and oxygen atoms in total. The summed E-state index contributed by atoms with van der Waals surface area (Å²) in [6.45, 7) is 5.24. The first-order valence-electron chi connectivity index (χ1n) is 6.69. The first-order chi connectivity index (χ1) is 10.1. The Morgan fingerprint density at radius 2 is 2.24 bits per heavy atom. The fourth-order valence-electron chi connectivity index (χ4n) is 2.11. The van der Waals surface area contributed by atoms with Gasteiger partial charge in [-0.1, -0.05) is 11.6 Å². The van der Waals surface area contributed by atoms with E-state index in [-0.39, 0.29) is 5.91 Å². The van der Waals surface area contributed by atoms with Crippen LogP contribution >= 0.6 is 11.6 Å². The number of halogens is 1. The van der Waals surface area contributed by atoms with Gasteiger partial charge in [-0.05, 0) is 32.0 Å². The van der Waals surface area contributed by atoms with Crippen molar-refractivity contribution in [3.63, 3.8) is 0 Å². The van der Waals surface area contributed by atoms with Crippen LogP contribution in [0.4, 0.5) is 0 Å². The molecule has 1 aromatic carbocycles. The molecule has 0 saturated heterocycles. The van der Waals surface area contributed by atoms with Gasteiger partial charge < -0.3 is 10.1 Å². The van der Waals surface area contributed by atoms with Crippen LogP contribution in [0, 0.1) is 6.92 Å². The normalized spacial score (nSPS) is 10.5. The number of methoxy groups -OCH3 is 1. The van der Waals surface area contributed by atoms with Crippen molar-refractivity contribution in [1.29, 1.82) is 0 Å². The summed E-state index contributed by atoms with van der Waals surface area (Å²) >= 11 is 5.93. The number of aryl methyl sites for hydroxylation is 1. The third-order valence-corrected chi connectivity index (χ3v) is 3.59. The minimum absolute atomic E-state index is 0.224. The lowest BCUT2D eigenvalue weighted by molar-refractivity contribution is 0.0948. The number of carbonyl (C=O) groups is 1. The molecule has 1 N–H and O–H groups in total. The SMILES string of the molecule is CCn1ncc(CNC(=O)c2cc(Cl)ccc2OC)c1C. The van der Waals surface area contributed by atoms with Crippen molar-refractivity contribution in [1.82, 2.24) is 15.1 Å². The van der Waals surface area contributed by atoms with Crippen molar-refractivity contribution in [2.45, 2.75) is 26.9 Å². The van der Waals surface area contributed by atoms with Gasteiger partial charge in [-0.2, -0.15) is 5.10 Å². The van der Waals surface area contributed by atoms with Crippen LogP contribution in [0.25, 0.3) is 0 Å². The molecule has 0 saturated carbocycles. The highest BCUT2D eigenvalue weighted by atomic mass is 35.5. The summed E-state index contributed by atoms with van der Waals surface area (Å²) in [4.78, 5) is 12.3. The molecule has 112 valence electrons. The Balaban J connectivity index is 2.11. The van der Waals surface area contributed by atoms with E-state index < -0.39 is 0 Å². The average Bonchev–Trinajstić information content (AvgIpc) is 2.85. The fourth-order valence-corrected chi connectivity index (χ4v) is 2.28. The van der Waals surface area contributed by atoms with E-state index >= 15 is 0 Å². The van der Waals surface area contributed by atoms with Gasteiger partial charge in [-0.3, -0.25) is 9.48 Å². The summed E-state index contributed by atoms with van der Waals surface area (Å²) in [5.41, 5.74) is 2.47. The Kier molecular flexibility index (Phi) is 4.85. The maximum absolute atomic E-state index is 12.3. The van der Waals surface area contributed by atoms with Gasteiger partial charge in [0.15, 0.2) is 0 Å². The number of hydrogen-bond donors (Lipinski definition) is 1. The van der Waals surface area contributed by atoms with E-state index in [0.29, 0.717) is 22.9 Å². The Hall–Kier alpha value is -2.01. The molecule has 2 aromatic rings. The van der Waals surface area contributed by atoms with Gasteiger partial charge in [-0.25, -0.2) is 0 Å². The zero-order valence-corrected chi connectivity index (χ0v) is 13.1. The van der Waals surface area contributed by atoms with Gasteiger partial charge >= 0.3 is 0 Å². The zero-order chi connectivity index (χ0) is 15.4. The molecular formula is C15H18ClN3O2. The van der Waals surface area contributed by atoms with Crippen LogP contribution < -0.4 is 10.1 Å². The van der Waals surface area contributed by atoms with E-state index in [1.54, 1.807) is 24.4 Å². The summed E-state index contributed by atoms with van der Waals surface area (Å²) < 4.78 is 7.07. The molecule has 0 bridgehead atoms. The summed E-state index contributed by atoms with van der Waals surface area (Å²) in [5.74, 6) is 0.274. The van der Waals surface area contributed by atoms with Crippen LogP contribution in [0.3, 0.4) is 0 Å². The van der Waals surface area contributed by atoms with E-state index in [9.17, 15) is 4.79 Å². The molecule has 0 aliphatic heterocycles. The largest absolute Gasteiger partial charge is 0.496 e. The first kappa shape index (κ1) is 15.4. The number of benzene rings is 1. The van der Waals surface area contributed by atoms with Crippen LogP contribution in [0.5, 0.6) is 5.75 Å². The molecule has 0 unspecified atom stereocenters. The molecular weight excluding hydrogens is 290 g/mol. The lowest BCUT2D eigenvalue weighted by atomic mass is 10.1. The minimum Gasteiger partial charge on any atom is -0.496 e. The van der Waals surface area contributed by atoms with Gasteiger partial charge in [0, 0.05) is 29.4 Å². The van der Waals surface area contributed by atoms with Crippen LogP contribution in [0.2, 0.25) is 5.02 Å². The Morgan fingerprint density at radius 1 is 1.48 bits per heavy atom. The summed E-state index contributed by atoms with van der Waals surface area (Å²) in [5, 5.41) is 7.61. The summed E-state index contributed by atoms with van der Waals surface area (Å²) in [7, 11) is 1.52. The van der Waals surface area contributed by atoms with E-state index in [1.807, 2.05) is 18.5 Å². The number of hydrogen-bond acceptors (Lipinski definition) is 3. The quantitative estimate of drug-likeness (QED) is 0.924. The van der Waals surface area contributed by atoms with Crippen molar-refractivity contribution in [2.24, 2.45) is 0 Å². The van der Waals surface area contributed by atoms with Crippen molar-refractivity contribution in [3.05, 3.63) is 46.2 Å². The smallest absolute Gasteiger partial charge is 0.255 e. The van der Waals surface area contributed by atoms with Crippen molar-refractivity contribution in [3.8, 4) is 5.75 Å². The van der Waals surface area contributed by atoms with E-state index in [4.69, 9.17) is 16.3 Å².